The van der Waals surface area contributed by atoms with Crippen LogP contribution in [0.5, 0.6) is 5.75 Å². The predicted molar refractivity (Wildman–Crippen MR) is 109 cm³/mol. The lowest BCUT2D eigenvalue weighted by molar-refractivity contribution is -0.139. The molecule has 2 aromatic rings. The van der Waals surface area contributed by atoms with Gasteiger partial charge in [0.15, 0.2) is 6.04 Å². The molecule has 7 nitrogen and oxygen atoms in total. The predicted octanol–water partition coefficient (Wildman–Crippen LogP) is 2.91. The lowest BCUT2D eigenvalue weighted by Crippen LogP contribution is -2.34. The van der Waals surface area contributed by atoms with Crippen LogP contribution < -0.4 is 15.4 Å². The zero-order valence-corrected chi connectivity index (χ0v) is 17.0. The number of hydrogen-bond donors (Lipinski definition) is 3. The lowest BCUT2D eigenvalue weighted by atomic mass is 9.95. The third kappa shape index (κ3) is 6.07. The second-order valence-corrected chi connectivity index (χ2v) is 7.65. The summed E-state index contributed by atoms with van der Waals surface area (Å²) in [5.74, 6) is -1.13. The Morgan fingerprint density at radius 1 is 1.00 bits per heavy atom. The van der Waals surface area contributed by atoms with Crippen LogP contribution in [0.2, 0.25) is 0 Å². The van der Waals surface area contributed by atoms with Gasteiger partial charge in [-0.25, -0.2) is 4.79 Å². The molecular formula is C22H26N2O5. The van der Waals surface area contributed by atoms with Gasteiger partial charge >= 0.3 is 5.97 Å². The van der Waals surface area contributed by atoms with Crippen molar-refractivity contribution in [2.24, 2.45) is 5.41 Å². The Hall–Kier alpha value is -3.35. The maximum Gasteiger partial charge on any atom is 0.330 e. The average Bonchev–Trinajstić information content (AvgIpc) is 2.69. The summed E-state index contributed by atoms with van der Waals surface area (Å²) >= 11 is 0. The highest BCUT2D eigenvalue weighted by Crippen LogP contribution is 2.19. The minimum absolute atomic E-state index is 0.0666. The summed E-state index contributed by atoms with van der Waals surface area (Å²) in [5, 5.41) is 14.9. The highest BCUT2D eigenvalue weighted by Gasteiger charge is 2.23. The average molecular weight is 398 g/mol. The van der Waals surface area contributed by atoms with Gasteiger partial charge < -0.3 is 20.5 Å². The molecule has 2 amide bonds. The molecule has 0 saturated carbocycles. The lowest BCUT2D eigenvalue weighted by Gasteiger charge is -2.18. The Kier molecular flexibility index (Phi) is 6.98. The number of ether oxygens (including phenoxy) is 1. The maximum atomic E-state index is 12.5. The van der Waals surface area contributed by atoms with Crippen LogP contribution in [0.25, 0.3) is 0 Å². The van der Waals surface area contributed by atoms with Crippen molar-refractivity contribution in [2.75, 3.05) is 7.11 Å². The molecule has 0 aromatic heterocycles. The highest BCUT2D eigenvalue weighted by molar-refractivity contribution is 5.96. The molecule has 0 bridgehead atoms. The van der Waals surface area contributed by atoms with Crippen molar-refractivity contribution in [1.29, 1.82) is 0 Å². The molecule has 7 heteroatoms. The van der Waals surface area contributed by atoms with Gasteiger partial charge in [0.25, 0.3) is 5.91 Å². The second-order valence-electron chi connectivity index (χ2n) is 7.65. The van der Waals surface area contributed by atoms with Crippen molar-refractivity contribution in [1.82, 2.24) is 10.6 Å². The van der Waals surface area contributed by atoms with Crippen molar-refractivity contribution in [3.63, 3.8) is 0 Å². The highest BCUT2D eigenvalue weighted by atomic mass is 16.5. The first-order chi connectivity index (χ1) is 13.6. The Balaban J connectivity index is 2.04. The van der Waals surface area contributed by atoms with E-state index in [2.05, 4.69) is 10.6 Å². The van der Waals surface area contributed by atoms with E-state index >= 15 is 0 Å². The van der Waals surface area contributed by atoms with Crippen LogP contribution in [0.15, 0.2) is 48.5 Å². The summed E-state index contributed by atoms with van der Waals surface area (Å²) in [4.78, 5) is 36.0. The van der Waals surface area contributed by atoms with E-state index in [0.717, 1.165) is 5.56 Å². The van der Waals surface area contributed by atoms with Crippen molar-refractivity contribution >= 4 is 17.8 Å². The minimum Gasteiger partial charge on any atom is -0.497 e. The summed E-state index contributed by atoms with van der Waals surface area (Å²) in [6.45, 7) is 5.84. The molecule has 3 N–H and O–H groups in total. The first kappa shape index (κ1) is 21.9. The fourth-order valence-electron chi connectivity index (χ4n) is 2.52. The molecule has 0 aliphatic rings. The maximum absolute atomic E-state index is 12.5. The normalized spacial score (nSPS) is 12.0. The van der Waals surface area contributed by atoms with Gasteiger partial charge in [0.2, 0.25) is 5.91 Å². The molecule has 0 fully saturated rings. The van der Waals surface area contributed by atoms with Gasteiger partial charge in [-0.1, -0.05) is 45.0 Å². The molecule has 1 atom stereocenters. The van der Waals surface area contributed by atoms with Crippen LogP contribution >= 0.6 is 0 Å². The number of benzene rings is 2. The van der Waals surface area contributed by atoms with Crippen molar-refractivity contribution in [2.45, 2.75) is 33.4 Å². The van der Waals surface area contributed by atoms with Crippen LogP contribution in [0.4, 0.5) is 0 Å². The first-order valence-corrected chi connectivity index (χ1v) is 9.16. The second kappa shape index (κ2) is 9.23. The fourth-order valence-corrected chi connectivity index (χ4v) is 2.52. The third-order valence-electron chi connectivity index (χ3n) is 4.32. The Morgan fingerprint density at radius 2 is 1.59 bits per heavy atom. The molecule has 154 valence electrons. The van der Waals surface area contributed by atoms with Gasteiger partial charge in [-0.05, 0) is 35.4 Å². The summed E-state index contributed by atoms with van der Waals surface area (Å²) in [7, 11) is 1.52. The number of nitrogens with one attached hydrogen (secondary N) is 2. The van der Waals surface area contributed by atoms with Crippen LogP contribution in [0.1, 0.15) is 48.3 Å². The van der Waals surface area contributed by atoms with Crippen LogP contribution in [-0.4, -0.2) is 30.0 Å². The largest absolute Gasteiger partial charge is 0.497 e. The first-order valence-electron chi connectivity index (χ1n) is 9.16. The van der Waals surface area contributed by atoms with E-state index in [1.165, 1.54) is 7.11 Å². The number of aliphatic carboxylic acids is 1. The summed E-state index contributed by atoms with van der Waals surface area (Å²) < 4.78 is 5.06. The number of rotatable bonds is 7. The molecule has 2 rings (SSSR count). The molecular weight excluding hydrogens is 372 g/mol. The monoisotopic (exact) mass is 398 g/mol. The number of methoxy groups -OCH3 is 1. The van der Waals surface area contributed by atoms with E-state index in [1.807, 2.05) is 20.8 Å². The molecule has 29 heavy (non-hydrogen) atoms. The van der Waals surface area contributed by atoms with E-state index in [9.17, 15) is 19.5 Å². The standard InChI is InChI=1S/C22H26N2O5/c1-22(2,3)21(28)23-13-14-5-7-16(8-6-14)19(25)24-18(20(26)27)15-9-11-17(29-4)12-10-15/h5-12,18H,13H2,1-4H3,(H,23,28)(H,24,25)(H,26,27). The Morgan fingerprint density at radius 3 is 2.07 bits per heavy atom. The Bertz CT molecular complexity index is 868. The molecule has 0 spiro atoms. The van der Waals surface area contributed by atoms with Crippen molar-refractivity contribution in [3.05, 3.63) is 65.2 Å². The van der Waals surface area contributed by atoms with E-state index in [4.69, 9.17) is 4.74 Å². The van der Waals surface area contributed by atoms with Gasteiger partial charge in [0, 0.05) is 17.5 Å². The molecule has 0 aliphatic heterocycles. The Labute approximate surface area is 170 Å². The van der Waals surface area contributed by atoms with Gasteiger partial charge in [0.05, 0.1) is 7.11 Å². The van der Waals surface area contributed by atoms with Crippen molar-refractivity contribution < 1.29 is 24.2 Å². The molecule has 1 unspecified atom stereocenters. The smallest absolute Gasteiger partial charge is 0.330 e. The summed E-state index contributed by atoms with van der Waals surface area (Å²) in [6.07, 6.45) is 0. The van der Waals surface area contributed by atoms with Crippen molar-refractivity contribution in [3.8, 4) is 5.75 Å². The van der Waals surface area contributed by atoms with E-state index in [1.54, 1.807) is 48.5 Å². The van der Waals surface area contributed by atoms with E-state index < -0.39 is 23.3 Å². The van der Waals surface area contributed by atoms with Crippen LogP contribution in [-0.2, 0) is 16.1 Å². The van der Waals surface area contributed by atoms with Crippen LogP contribution in [0.3, 0.4) is 0 Å². The summed E-state index contributed by atoms with van der Waals surface area (Å²) in [6, 6.07) is 11.9. The number of carbonyl (C=O) groups excluding carboxylic acids is 2. The molecule has 0 saturated heterocycles. The zero-order chi connectivity index (χ0) is 21.6. The van der Waals surface area contributed by atoms with E-state index in [-0.39, 0.29) is 5.91 Å². The number of carboxylic acids is 1. The number of carboxylic acid groups (broad SMARTS) is 1. The topological polar surface area (TPSA) is 105 Å². The van der Waals surface area contributed by atoms with Crippen LogP contribution in [0, 0.1) is 5.41 Å². The molecule has 0 aliphatic carbocycles. The number of amides is 2. The minimum atomic E-state index is -1.18. The number of carbonyl (C=O) groups is 3. The van der Waals surface area contributed by atoms with Gasteiger partial charge in [-0.3, -0.25) is 9.59 Å². The quantitative estimate of drug-likeness (QED) is 0.665. The molecule has 0 radical (unpaired) electrons. The van der Waals surface area contributed by atoms with Gasteiger partial charge in [0.1, 0.15) is 5.75 Å². The zero-order valence-electron chi connectivity index (χ0n) is 17.0. The molecule has 0 heterocycles. The fraction of sp³-hybridized carbons (Fsp3) is 0.318. The third-order valence-corrected chi connectivity index (χ3v) is 4.32. The van der Waals surface area contributed by atoms with Gasteiger partial charge in [-0.2, -0.15) is 0 Å². The van der Waals surface area contributed by atoms with Gasteiger partial charge in [-0.15, -0.1) is 0 Å². The molecule has 2 aromatic carbocycles. The number of hydrogen-bond acceptors (Lipinski definition) is 4. The summed E-state index contributed by atoms with van der Waals surface area (Å²) in [5.41, 5.74) is 1.13. The van der Waals surface area contributed by atoms with E-state index in [0.29, 0.717) is 23.4 Å². The SMILES string of the molecule is COc1ccc(C(NC(=O)c2ccc(CNC(=O)C(C)(C)C)cc2)C(=O)O)cc1.